The highest BCUT2D eigenvalue weighted by Crippen LogP contribution is 2.34. The van der Waals surface area contributed by atoms with Crippen LogP contribution in [0.1, 0.15) is 31.9 Å². The number of aryl methyl sites for hydroxylation is 1. The Morgan fingerprint density at radius 1 is 1.18 bits per heavy atom. The number of hydrogen-bond donors (Lipinski definition) is 0. The Kier molecular flexibility index (Phi) is 2.68. The van der Waals surface area contributed by atoms with Gasteiger partial charge in [-0.2, -0.15) is 0 Å². The van der Waals surface area contributed by atoms with E-state index >= 15 is 0 Å². The van der Waals surface area contributed by atoms with Crippen molar-refractivity contribution in [3.8, 4) is 0 Å². The predicted octanol–water partition coefficient (Wildman–Crippen LogP) is 3.75. The van der Waals surface area contributed by atoms with E-state index in [1.165, 1.54) is 11.1 Å². The molecule has 1 aromatic rings. The maximum absolute atomic E-state index is 12.8. The summed E-state index contributed by atoms with van der Waals surface area (Å²) in [5.74, 6) is -2.50. The topological polar surface area (TPSA) is 3.24 Å². The van der Waals surface area contributed by atoms with Gasteiger partial charge in [0.15, 0.2) is 0 Å². The summed E-state index contributed by atoms with van der Waals surface area (Å²) in [6.45, 7) is 8.22. The van der Waals surface area contributed by atoms with Gasteiger partial charge in [-0.25, -0.2) is 8.78 Å². The smallest absolute Gasteiger partial charge is 0.282 e. The average molecular weight is 239 g/mol. The largest absolute Gasteiger partial charge is 0.359 e. The van der Waals surface area contributed by atoms with Crippen LogP contribution < -0.4 is 4.90 Å². The summed E-state index contributed by atoms with van der Waals surface area (Å²) in [4.78, 5) is 1.72. The molecule has 0 atom stereocenters. The Balaban J connectivity index is 2.21. The van der Waals surface area contributed by atoms with Gasteiger partial charge in [-0.15, -0.1) is 0 Å². The molecule has 0 aliphatic carbocycles. The van der Waals surface area contributed by atoms with E-state index in [9.17, 15) is 8.78 Å². The van der Waals surface area contributed by atoms with E-state index < -0.39 is 5.92 Å². The fraction of sp³-hybridized carbons (Fsp3) is 0.571. The van der Waals surface area contributed by atoms with Crippen LogP contribution in [0, 0.1) is 6.92 Å². The van der Waals surface area contributed by atoms with Gasteiger partial charge in [0.1, 0.15) is 0 Å². The van der Waals surface area contributed by atoms with Crippen LogP contribution in [0.4, 0.5) is 14.5 Å². The quantitative estimate of drug-likeness (QED) is 0.721. The molecule has 1 aromatic carbocycles. The van der Waals surface area contributed by atoms with Gasteiger partial charge in [0.2, 0.25) is 0 Å². The molecule has 17 heavy (non-hydrogen) atoms. The van der Waals surface area contributed by atoms with Gasteiger partial charge >= 0.3 is 0 Å². The van der Waals surface area contributed by atoms with E-state index in [0.717, 1.165) is 5.69 Å². The Morgan fingerprint density at radius 2 is 1.76 bits per heavy atom. The van der Waals surface area contributed by atoms with Gasteiger partial charge in [-0.1, -0.05) is 26.8 Å². The minimum atomic E-state index is -2.50. The normalized spacial score (nSPS) is 19.1. The molecule has 0 spiro atoms. The van der Waals surface area contributed by atoms with Crippen LogP contribution in [0.15, 0.2) is 18.2 Å². The van der Waals surface area contributed by atoms with Crippen molar-refractivity contribution in [1.82, 2.24) is 0 Å². The lowest BCUT2D eigenvalue weighted by molar-refractivity contribution is -0.0262. The first kappa shape index (κ1) is 12.3. The molecule has 0 radical (unpaired) electrons. The second-order valence-electron chi connectivity index (χ2n) is 5.96. The lowest BCUT2D eigenvalue weighted by Crippen LogP contribution is -2.56. The second-order valence-corrected chi connectivity index (χ2v) is 5.96. The molecule has 1 fully saturated rings. The summed E-state index contributed by atoms with van der Waals surface area (Å²) in [5, 5.41) is 0. The minimum absolute atomic E-state index is 0.0987. The van der Waals surface area contributed by atoms with E-state index in [1.54, 1.807) is 4.90 Å². The van der Waals surface area contributed by atoms with Crippen LogP contribution in [0.25, 0.3) is 0 Å². The zero-order chi connectivity index (χ0) is 12.8. The molecule has 0 amide bonds. The number of anilines is 1. The molecule has 0 saturated carbocycles. The highest BCUT2D eigenvalue weighted by Gasteiger charge is 2.43. The third-order valence-corrected chi connectivity index (χ3v) is 3.23. The first-order chi connectivity index (χ1) is 7.69. The summed E-state index contributed by atoms with van der Waals surface area (Å²) >= 11 is 0. The van der Waals surface area contributed by atoms with Gasteiger partial charge in [-0.3, -0.25) is 0 Å². The van der Waals surface area contributed by atoms with E-state index in [4.69, 9.17) is 0 Å². The zero-order valence-electron chi connectivity index (χ0n) is 10.8. The first-order valence-electron chi connectivity index (χ1n) is 5.93. The summed E-state index contributed by atoms with van der Waals surface area (Å²) in [5.41, 5.74) is 3.45. The molecular formula is C14H19F2N. The Hall–Kier alpha value is -1.12. The fourth-order valence-electron chi connectivity index (χ4n) is 2.38. The van der Waals surface area contributed by atoms with Gasteiger partial charge in [0, 0.05) is 5.69 Å². The van der Waals surface area contributed by atoms with Crippen molar-refractivity contribution >= 4 is 5.69 Å². The van der Waals surface area contributed by atoms with Gasteiger partial charge in [0.25, 0.3) is 5.92 Å². The summed E-state index contributed by atoms with van der Waals surface area (Å²) < 4.78 is 25.6. The lowest BCUT2D eigenvalue weighted by atomic mass is 9.84. The van der Waals surface area contributed by atoms with Crippen molar-refractivity contribution in [2.24, 2.45) is 0 Å². The van der Waals surface area contributed by atoms with Gasteiger partial charge < -0.3 is 4.90 Å². The molecule has 0 aromatic heterocycles. The average Bonchev–Trinajstić information content (AvgIpc) is 2.11. The van der Waals surface area contributed by atoms with Crippen molar-refractivity contribution < 1.29 is 8.78 Å². The molecular weight excluding hydrogens is 220 g/mol. The number of halogens is 2. The standard InChI is InChI=1S/C14H19F2N/c1-10-7-11(17-8-14(15,16)9-17)5-6-12(10)13(2,3)4/h5-7H,8-9H2,1-4H3. The van der Waals surface area contributed by atoms with E-state index in [2.05, 4.69) is 26.8 Å². The van der Waals surface area contributed by atoms with Crippen molar-refractivity contribution in [3.05, 3.63) is 29.3 Å². The maximum Gasteiger partial charge on any atom is 0.282 e. The number of benzene rings is 1. The van der Waals surface area contributed by atoms with Crippen LogP contribution in [-0.2, 0) is 5.41 Å². The van der Waals surface area contributed by atoms with Gasteiger partial charge in [0.05, 0.1) is 13.1 Å². The SMILES string of the molecule is Cc1cc(N2CC(F)(F)C2)ccc1C(C)(C)C. The Labute approximate surface area is 101 Å². The first-order valence-corrected chi connectivity index (χ1v) is 5.93. The third kappa shape index (κ3) is 2.43. The molecule has 0 N–H and O–H groups in total. The van der Waals surface area contributed by atoms with Crippen molar-refractivity contribution in [1.29, 1.82) is 0 Å². The number of alkyl halides is 2. The molecule has 0 unspecified atom stereocenters. The molecule has 1 aliphatic rings. The van der Waals surface area contributed by atoms with E-state index in [0.29, 0.717) is 0 Å². The molecule has 94 valence electrons. The second kappa shape index (κ2) is 3.69. The number of nitrogens with zero attached hydrogens (tertiary/aromatic N) is 1. The predicted molar refractivity (Wildman–Crippen MR) is 67.0 cm³/mol. The monoisotopic (exact) mass is 239 g/mol. The maximum atomic E-state index is 12.8. The van der Waals surface area contributed by atoms with Crippen LogP contribution >= 0.6 is 0 Å². The molecule has 0 bridgehead atoms. The lowest BCUT2D eigenvalue weighted by Gasteiger charge is -2.41. The molecule has 3 heteroatoms. The third-order valence-electron chi connectivity index (χ3n) is 3.23. The fourth-order valence-corrected chi connectivity index (χ4v) is 2.38. The molecule has 1 nitrogen and oxygen atoms in total. The van der Waals surface area contributed by atoms with Crippen LogP contribution in [0.3, 0.4) is 0 Å². The van der Waals surface area contributed by atoms with Crippen LogP contribution in [0.5, 0.6) is 0 Å². The molecule has 1 heterocycles. The number of rotatable bonds is 1. The van der Waals surface area contributed by atoms with Crippen LogP contribution in [-0.4, -0.2) is 19.0 Å². The van der Waals surface area contributed by atoms with E-state index in [-0.39, 0.29) is 18.5 Å². The molecule has 2 rings (SSSR count). The molecule has 1 saturated heterocycles. The van der Waals surface area contributed by atoms with Crippen LogP contribution in [0.2, 0.25) is 0 Å². The Bertz CT molecular complexity index is 424. The summed E-state index contributed by atoms with van der Waals surface area (Å²) in [6, 6.07) is 6.01. The number of hydrogen-bond acceptors (Lipinski definition) is 1. The zero-order valence-corrected chi connectivity index (χ0v) is 10.8. The van der Waals surface area contributed by atoms with Crippen molar-refractivity contribution in [3.63, 3.8) is 0 Å². The highest BCUT2D eigenvalue weighted by molar-refractivity contribution is 5.54. The van der Waals surface area contributed by atoms with E-state index in [1.807, 2.05) is 19.1 Å². The highest BCUT2D eigenvalue weighted by atomic mass is 19.3. The van der Waals surface area contributed by atoms with Crippen molar-refractivity contribution in [2.75, 3.05) is 18.0 Å². The summed E-state index contributed by atoms with van der Waals surface area (Å²) in [7, 11) is 0. The Morgan fingerprint density at radius 3 is 2.18 bits per heavy atom. The summed E-state index contributed by atoms with van der Waals surface area (Å²) in [6.07, 6.45) is 0. The minimum Gasteiger partial charge on any atom is -0.359 e. The molecule has 1 aliphatic heterocycles. The van der Waals surface area contributed by atoms with Gasteiger partial charge in [-0.05, 0) is 35.6 Å². The van der Waals surface area contributed by atoms with Crippen molar-refractivity contribution in [2.45, 2.75) is 39.0 Å².